The Morgan fingerprint density at radius 2 is 2.31 bits per heavy atom. The summed E-state index contributed by atoms with van der Waals surface area (Å²) in [6.45, 7) is 4.31. The molecular formula is C11H15NS. The summed E-state index contributed by atoms with van der Waals surface area (Å²) in [5, 5.41) is 0. The van der Waals surface area contributed by atoms with Gasteiger partial charge in [-0.15, -0.1) is 18.3 Å². The first-order chi connectivity index (χ1) is 6.36. The predicted molar refractivity (Wildman–Crippen MR) is 59.9 cm³/mol. The molecule has 0 atom stereocenters. The summed E-state index contributed by atoms with van der Waals surface area (Å²) in [7, 11) is 0. The maximum Gasteiger partial charge on any atom is 0.0178 e. The van der Waals surface area contributed by atoms with Gasteiger partial charge in [0.15, 0.2) is 0 Å². The van der Waals surface area contributed by atoms with Gasteiger partial charge in [-0.2, -0.15) is 0 Å². The topological polar surface area (TPSA) is 26.0 Å². The van der Waals surface area contributed by atoms with E-state index < -0.39 is 0 Å². The molecule has 0 aliphatic rings. The van der Waals surface area contributed by atoms with Crippen LogP contribution in [0.1, 0.15) is 12.0 Å². The molecule has 0 heterocycles. The van der Waals surface area contributed by atoms with Gasteiger partial charge >= 0.3 is 0 Å². The highest BCUT2D eigenvalue weighted by atomic mass is 32.2. The van der Waals surface area contributed by atoms with Gasteiger partial charge in [-0.25, -0.2) is 0 Å². The van der Waals surface area contributed by atoms with Gasteiger partial charge in [-0.3, -0.25) is 0 Å². The van der Waals surface area contributed by atoms with Crippen LogP contribution in [-0.2, 0) is 6.54 Å². The molecule has 0 aliphatic carbocycles. The minimum atomic E-state index is 0.621. The van der Waals surface area contributed by atoms with Gasteiger partial charge in [-0.05, 0) is 24.1 Å². The molecule has 13 heavy (non-hydrogen) atoms. The Bertz CT molecular complexity index is 271. The van der Waals surface area contributed by atoms with Crippen LogP contribution in [-0.4, -0.2) is 5.75 Å². The molecule has 1 nitrogen and oxygen atoms in total. The smallest absolute Gasteiger partial charge is 0.0178 e. The van der Waals surface area contributed by atoms with Crippen molar-refractivity contribution in [3.05, 3.63) is 42.5 Å². The Hall–Kier alpha value is -0.730. The molecule has 0 aromatic heterocycles. The summed E-state index contributed by atoms with van der Waals surface area (Å²) in [5.41, 5.74) is 6.75. The van der Waals surface area contributed by atoms with E-state index in [1.807, 2.05) is 17.8 Å². The van der Waals surface area contributed by atoms with E-state index in [2.05, 4.69) is 30.8 Å². The fourth-order valence-corrected chi connectivity index (χ4v) is 1.95. The first-order valence-electron chi connectivity index (χ1n) is 4.39. The van der Waals surface area contributed by atoms with Crippen molar-refractivity contribution < 1.29 is 0 Å². The van der Waals surface area contributed by atoms with E-state index in [1.54, 1.807) is 0 Å². The molecule has 0 saturated heterocycles. The van der Waals surface area contributed by atoms with Crippen LogP contribution in [0.15, 0.2) is 41.8 Å². The molecule has 0 spiro atoms. The second-order valence-corrected chi connectivity index (χ2v) is 3.95. The average molecular weight is 193 g/mol. The standard InChI is InChI=1S/C11H15NS/c1-2-3-7-13-11-6-4-5-10(8-11)9-12/h2,4-6,8H,1,3,7,9,12H2. The van der Waals surface area contributed by atoms with Crippen LogP contribution in [0.3, 0.4) is 0 Å². The van der Waals surface area contributed by atoms with E-state index in [0.717, 1.165) is 12.2 Å². The number of allylic oxidation sites excluding steroid dienone is 1. The Labute approximate surface area is 84.0 Å². The first-order valence-corrected chi connectivity index (χ1v) is 5.38. The van der Waals surface area contributed by atoms with Crippen LogP contribution in [0.25, 0.3) is 0 Å². The normalized spacial score (nSPS) is 9.92. The van der Waals surface area contributed by atoms with E-state index in [1.165, 1.54) is 10.5 Å². The van der Waals surface area contributed by atoms with Crippen LogP contribution in [0, 0.1) is 0 Å². The minimum Gasteiger partial charge on any atom is -0.326 e. The maximum atomic E-state index is 5.55. The van der Waals surface area contributed by atoms with E-state index >= 15 is 0 Å². The van der Waals surface area contributed by atoms with Gasteiger partial charge < -0.3 is 5.73 Å². The molecule has 2 N–H and O–H groups in total. The quantitative estimate of drug-likeness (QED) is 0.442. The van der Waals surface area contributed by atoms with Crippen molar-refractivity contribution in [2.75, 3.05) is 5.75 Å². The SMILES string of the molecule is C=CCCSc1cccc(CN)c1. The zero-order valence-corrected chi connectivity index (χ0v) is 8.52. The van der Waals surface area contributed by atoms with Crippen molar-refractivity contribution >= 4 is 11.8 Å². The fraction of sp³-hybridized carbons (Fsp3) is 0.273. The fourth-order valence-electron chi connectivity index (χ4n) is 1.02. The summed E-state index contributed by atoms with van der Waals surface area (Å²) >= 11 is 1.85. The molecule has 0 saturated carbocycles. The third kappa shape index (κ3) is 3.66. The number of rotatable bonds is 5. The van der Waals surface area contributed by atoms with Gasteiger partial charge in [0.25, 0.3) is 0 Å². The second kappa shape index (κ2) is 5.84. The third-order valence-corrected chi connectivity index (χ3v) is 2.75. The Balaban J connectivity index is 2.50. The number of hydrogen-bond acceptors (Lipinski definition) is 2. The average Bonchev–Trinajstić information content (AvgIpc) is 2.19. The van der Waals surface area contributed by atoms with Crippen molar-refractivity contribution in [3.63, 3.8) is 0 Å². The number of hydrogen-bond donors (Lipinski definition) is 1. The predicted octanol–water partition coefficient (Wildman–Crippen LogP) is 2.81. The highest BCUT2D eigenvalue weighted by molar-refractivity contribution is 7.99. The largest absolute Gasteiger partial charge is 0.326 e. The lowest BCUT2D eigenvalue weighted by molar-refractivity contribution is 1.06. The zero-order chi connectivity index (χ0) is 9.52. The molecule has 1 aromatic rings. The Kier molecular flexibility index (Phi) is 4.65. The van der Waals surface area contributed by atoms with Crippen LogP contribution in [0.4, 0.5) is 0 Å². The summed E-state index contributed by atoms with van der Waals surface area (Å²) in [6.07, 6.45) is 3.00. The van der Waals surface area contributed by atoms with Crippen LogP contribution < -0.4 is 5.73 Å². The van der Waals surface area contributed by atoms with E-state index in [0.29, 0.717) is 6.54 Å². The maximum absolute atomic E-state index is 5.55. The summed E-state index contributed by atoms with van der Waals surface area (Å²) in [5.74, 6) is 1.09. The second-order valence-electron chi connectivity index (χ2n) is 2.78. The van der Waals surface area contributed by atoms with Gasteiger partial charge in [0.1, 0.15) is 0 Å². The van der Waals surface area contributed by atoms with Gasteiger partial charge in [-0.1, -0.05) is 18.2 Å². The minimum absolute atomic E-state index is 0.621. The van der Waals surface area contributed by atoms with Crippen LogP contribution >= 0.6 is 11.8 Å². The highest BCUT2D eigenvalue weighted by Gasteiger charge is 1.94. The highest BCUT2D eigenvalue weighted by Crippen LogP contribution is 2.19. The molecular weight excluding hydrogens is 178 g/mol. The first kappa shape index (κ1) is 10.4. The lowest BCUT2D eigenvalue weighted by atomic mass is 10.2. The molecule has 0 radical (unpaired) electrons. The lowest BCUT2D eigenvalue weighted by Crippen LogP contribution is -1.95. The molecule has 0 aliphatic heterocycles. The molecule has 0 amide bonds. The monoisotopic (exact) mass is 193 g/mol. The van der Waals surface area contributed by atoms with Crippen molar-refractivity contribution in [2.45, 2.75) is 17.9 Å². The van der Waals surface area contributed by atoms with Gasteiger partial charge in [0.05, 0.1) is 0 Å². The van der Waals surface area contributed by atoms with Gasteiger partial charge in [0.2, 0.25) is 0 Å². The van der Waals surface area contributed by atoms with Crippen molar-refractivity contribution in [1.29, 1.82) is 0 Å². The summed E-state index contributed by atoms with van der Waals surface area (Å²) in [6, 6.07) is 8.37. The van der Waals surface area contributed by atoms with Crippen molar-refractivity contribution in [3.8, 4) is 0 Å². The molecule has 0 bridgehead atoms. The molecule has 0 fully saturated rings. The number of nitrogens with two attached hydrogens (primary N) is 1. The van der Waals surface area contributed by atoms with E-state index in [-0.39, 0.29) is 0 Å². The molecule has 2 heteroatoms. The molecule has 1 aromatic carbocycles. The van der Waals surface area contributed by atoms with Crippen molar-refractivity contribution in [2.24, 2.45) is 5.73 Å². The van der Waals surface area contributed by atoms with Crippen LogP contribution in [0.5, 0.6) is 0 Å². The summed E-state index contributed by atoms with van der Waals surface area (Å²) in [4.78, 5) is 1.30. The van der Waals surface area contributed by atoms with Gasteiger partial charge in [0, 0.05) is 17.2 Å². The van der Waals surface area contributed by atoms with Crippen LogP contribution in [0.2, 0.25) is 0 Å². The van der Waals surface area contributed by atoms with Crippen molar-refractivity contribution in [1.82, 2.24) is 0 Å². The molecule has 0 unspecified atom stereocenters. The summed E-state index contributed by atoms with van der Waals surface area (Å²) < 4.78 is 0. The van der Waals surface area contributed by atoms with E-state index in [9.17, 15) is 0 Å². The Morgan fingerprint density at radius 3 is 3.00 bits per heavy atom. The third-order valence-electron chi connectivity index (χ3n) is 1.72. The Morgan fingerprint density at radius 1 is 1.46 bits per heavy atom. The molecule has 1 rings (SSSR count). The lowest BCUT2D eigenvalue weighted by Gasteiger charge is -2.01. The number of benzene rings is 1. The zero-order valence-electron chi connectivity index (χ0n) is 7.70. The van der Waals surface area contributed by atoms with E-state index in [4.69, 9.17) is 5.73 Å². The molecule has 70 valence electrons. The number of thioether (sulfide) groups is 1.